The lowest BCUT2D eigenvalue weighted by Crippen LogP contribution is -2.52. The topological polar surface area (TPSA) is 105 Å². The Morgan fingerprint density at radius 1 is 1.25 bits per heavy atom. The smallest absolute Gasteiger partial charge is 0.357 e. The van der Waals surface area contributed by atoms with Crippen molar-refractivity contribution in [2.75, 3.05) is 6.54 Å². The number of hydrogen-bond acceptors (Lipinski definition) is 4. The van der Waals surface area contributed by atoms with E-state index in [0.717, 1.165) is 25.7 Å². The van der Waals surface area contributed by atoms with Crippen LogP contribution in [0.4, 0.5) is 0 Å². The first-order valence-corrected chi connectivity index (χ1v) is 11.5. The van der Waals surface area contributed by atoms with Crippen molar-refractivity contribution < 1.29 is 19.5 Å². The third-order valence-corrected chi connectivity index (χ3v) is 7.44. The minimum Gasteiger partial charge on any atom is -0.476 e. The molecule has 0 radical (unpaired) electrons. The Hall–Kier alpha value is -2.90. The van der Waals surface area contributed by atoms with Gasteiger partial charge in [-0.3, -0.25) is 14.3 Å². The molecular weight excluding hydrogens is 408 g/mol. The largest absolute Gasteiger partial charge is 0.476 e. The van der Waals surface area contributed by atoms with Crippen LogP contribution in [0.1, 0.15) is 56.4 Å². The summed E-state index contributed by atoms with van der Waals surface area (Å²) in [5, 5.41) is 17.4. The first kappa shape index (κ1) is 21.0. The Labute approximate surface area is 186 Å². The van der Waals surface area contributed by atoms with Crippen LogP contribution in [0.3, 0.4) is 0 Å². The first-order chi connectivity index (χ1) is 15.2. The van der Waals surface area contributed by atoms with Gasteiger partial charge in [0.2, 0.25) is 11.8 Å². The van der Waals surface area contributed by atoms with Crippen molar-refractivity contribution in [1.82, 2.24) is 20.0 Å². The third kappa shape index (κ3) is 3.76. The number of likely N-dealkylation sites (tertiary alicyclic amines) is 1. The number of nitrogens with one attached hydrogen (secondary N) is 1. The van der Waals surface area contributed by atoms with E-state index in [-0.39, 0.29) is 41.4 Å². The van der Waals surface area contributed by atoms with E-state index in [1.165, 1.54) is 11.1 Å². The highest BCUT2D eigenvalue weighted by molar-refractivity contribution is 6.01. The molecule has 2 aliphatic carbocycles. The van der Waals surface area contributed by atoms with Gasteiger partial charge in [-0.2, -0.15) is 5.10 Å². The molecule has 8 heteroatoms. The molecule has 4 atom stereocenters. The van der Waals surface area contributed by atoms with Crippen LogP contribution in [0.25, 0.3) is 10.9 Å². The number of para-hydroxylation sites is 1. The normalized spacial score (nSPS) is 28.4. The van der Waals surface area contributed by atoms with Gasteiger partial charge in [0.25, 0.3) is 0 Å². The predicted octanol–water partition coefficient (Wildman–Crippen LogP) is 2.67. The van der Waals surface area contributed by atoms with Gasteiger partial charge in [-0.05, 0) is 49.0 Å². The van der Waals surface area contributed by atoms with Crippen LogP contribution in [-0.4, -0.2) is 56.2 Å². The van der Waals surface area contributed by atoms with E-state index in [1.807, 2.05) is 0 Å². The molecule has 2 N–H and O–H groups in total. The van der Waals surface area contributed by atoms with Gasteiger partial charge in [0, 0.05) is 18.0 Å². The first-order valence-electron chi connectivity index (χ1n) is 11.5. The molecule has 170 valence electrons. The zero-order valence-corrected chi connectivity index (χ0v) is 18.6. The number of fused-ring (bicyclic) bond motifs is 2. The molecule has 2 aromatic rings. The second-order valence-electron chi connectivity index (χ2n) is 10.4. The van der Waals surface area contributed by atoms with Gasteiger partial charge in [-0.25, -0.2) is 4.79 Å². The molecule has 32 heavy (non-hydrogen) atoms. The molecule has 2 amide bonds. The maximum absolute atomic E-state index is 13.3. The second kappa shape index (κ2) is 7.60. The maximum atomic E-state index is 13.3. The number of aromatic carboxylic acids is 1. The Morgan fingerprint density at radius 3 is 2.78 bits per heavy atom. The van der Waals surface area contributed by atoms with Crippen LogP contribution in [-0.2, 0) is 16.1 Å². The average molecular weight is 439 g/mol. The van der Waals surface area contributed by atoms with Crippen molar-refractivity contribution in [3.63, 3.8) is 0 Å². The summed E-state index contributed by atoms with van der Waals surface area (Å²) in [5.41, 5.74) is 0.770. The van der Waals surface area contributed by atoms with Crippen molar-refractivity contribution in [2.45, 2.75) is 64.6 Å². The van der Waals surface area contributed by atoms with E-state index in [0.29, 0.717) is 23.4 Å². The lowest BCUT2D eigenvalue weighted by Gasteiger charge is -2.37. The Kier molecular flexibility index (Phi) is 4.98. The fourth-order valence-electron chi connectivity index (χ4n) is 5.79. The molecule has 1 saturated heterocycles. The minimum atomic E-state index is -1.12. The second-order valence-corrected chi connectivity index (χ2v) is 10.4. The summed E-state index contributed by atoms with van der Waals surface area (Å²) in [7, 11) is 0. The van der Waals surface area contributed by atoms with Crippen LogP contribution in [0.5, 0.6) is 0 Å². The Bertz CT molecular complexity index is 1090. The van der Waals surface area contributed by atoms with Crippen molar-refractivity contribution >= 4 is 28.7 Å². The van der Waals surface area contributed by atoms with E-state index >= 15 is 0 Å². The lowest BCUT2D eigenvalue weighted by atomic mass is 9.75. The highest BCUT2D eigenvalue weighted by atomic mass is 16.4. The number of carbonyl (C=O) groups excluding carboxylic acids is 2. The van der Waals surface area contributed by atoms with Crippen LogP contribution >= 0.6 is 0 Å². The summed E-state index contributed by atoms with van der Waals surface area (Å²) < 4.78 is 1.45. The van der Waals surface area contributed by atoms with E-state index < -0.39 is 12.0 Å². The number of carboxylic acid groups (broad SMARTS) is 1. The number of carbonyl (C=O) groups is 3. The van der Waals surface area contributed by atoms with Crippen molar-refractivity contribution in [2.24, 2.45) is 17.3 Å². The van der Waals surface area contributed by atoms with Crippen molar-refractivity contribution in [3.8, 4) is 0 Å². The van der Waals surface area contributed by atoms with Crippen LogP contribution in [0, 0.1) is 17.3 Å². The quantitative estimate of drug-likeness (QED) is 0.747. The molecule has 5 rings (SSSR count). The number of nitrogens with zero attached hydrogens (tertiary/aromatic N) is 3. The van der Waals surface area contributed by atoms with Gasteiger partial charge in [0.05, 0.1) is 5.52 Å². The molecule has 2 saturated carbocycles. The van der Waals surface area contributed by atoms with E-state index in [9.17, 15) is 19.5 Å². The lowest BCUT2D eigenvalue weighted by molar-refractivity contribution is -0.140. The average Bonchev–Trinajstić information content (AvgIpc) is 3.23. The molecule has 3 fully saturated rings. The fourth-order valence-corrected chi connectivity index (χ4v) is 5.79. The Balaban J connectivity index is 1.32. The molecule has 0 bridgehead atoms. The van der Waals surface area contributed by atoms with Gasteiger partial charge in [0.15, 0.2) is 5.69 Å². The monoisotopic (exact) mass is 438 g/mol. The maximum Gasteiger partial charge on any atom is 0.357 e. The molecule has 1 aromatic carbocycles. The summed E-state index contributed by atoms with van der Waals surface area (Å²) in [6.07, 6.45) is 5.22. The third-order valence-electron chi connectivity index (χ3n) is 7.44. The zero-order chi connectivity index (χ0) is 22.6. The highest BCUT2D eigenvalue weighted by Crippen LogP contribution is 2.50. The molecule has 1 aromatic heterocycles. The summed E-state index contributed by atoms with van der Waals surface area (Å²) in [4.78, 5) is 39.7. The summed E-state index contributed by atoms with van der Waals surface area (Å²) in [5.74, 6) is -0.725. The van der Waals surface area contributed by atoms with Gasteiger partial charge < -0.3 is 15.3 Å². The van der Waals surface area contributed by atoms with Gasteiger partial charge in [-0.15, -0.1) is 0 Å². The van der Waals surface area contributed by atoms with Crippen LogP contribution < -0.4 is 5.32 Å². The Morgan fingerprint density at radius 2 is 2.03 bits per heavy atom. The molecule has 8 nitrogen and oxygen atoms in total. The highest BCUT2D eigenvalue weighted by Gasteiger charge is 2.57. The summed E-state index contributed by atoms with van der Waals surface area (Å²) >= 11 is 0. The number of benzene rings is 1. The van der Waals surface area contributed by atoms with E-state index in [4.69, 9.17) is 0 Å². The minimum absolute atomic E-state index is 0.0393. The number of rotatable bonds is 5. The number of aromatic nitrogens is 2. The predicted molar refractivity (Wildman–Crippen MR) is 118 cm³/mol. The van der Waals surface area contributed by atoms with Gasteiger partial charge in [-0.1, -0.05) is 38.5 Å². The van der Waals surface area contributed by atoms with E-state index in [1.54, 1.807) is 29.2 Å². The SMILES string of the molecule is CC1(C)CCC[C@H](NC(=O)[C@@H]2[C@@H]3C[C@@H]3CN2C(=O)Cn2nc(C(=O)O)c3ccccc32)C1. The number of hydrogen-bond donors (Lipinski definition) is 2. The molecule has 3 aliphatic rings. The molecule has 0 unspecified atom stereocenters. The van der Waals surface area contributed by atoms with Crippen LogP contribution in [0.2, 0.25) is 0 Å². The number of piperidine rings is 1. The van der Waals surface area contributed by atoms with Crippen LogP contribution in [0.15, 0.2) is 24.3 Å². The van der Waals surface area contributed by atoms with Crippen molar-refractivity contribution in [3.05, 3.63) is 30.0 Å². The molecule has 1 aliphatic heterocycles. The number of amides is 2. The standard InChI is InChI=1S/C24H30N4O4/c1-24(2)9-5-6-15(11-24)25-22(30)21-17-10-14(17)12-27(21)19(29)13-28-18-8-4-3-7-16(18)20(26-28)23(31)32/h3-4,7-8,14-15,17,21H,5-6,9-13H2,1-2H3,(H,25,30)(H,31,32)/t14-,15+,17-,21+/m1/s1. The number of carboxylic acids is 1. The summed E-state index contributed by atoms with van der Waals surface area (Å²) in [6.45, 7) is 5.00. The summed E-state index contributed by atoms with van der Waals surface area (Å²) in [6, 6.07) is 6.73. The molecule has 2 heterocycles. The van der Waals surface area contributed by atoms with Gasteiger partial charge in [0.1, 0.15) is 12.6 Å². The van der Waals surface area contributed by atoms with Crippen molar-refractivity contribution in [1.29, 1.82) is 0 Å². The molecule has 0 spiro atoms. The van der Waals surface area contributed by atoms with Gasteiger partial charge >= 0.3 is 5.97 Å². The molecular formula is C24H30N4O4. The fraction of sp³-hybridized carbons (Fsp3) is 0.583. The van der Waals surface area contributed by atoms with E-state index in [2.05, 4.69) is 24.3 Å². The zero-order valence-electron chi connectivity index (χ0n) is 18.6.